The highest BCUT2D eigenvalue weighted by Gasteiger charge is 2.07. The number of rotatable bonds is 5. The first kappa shape index (κ1) is 9.84. The lowest BCUT2D eigenvalue weighted by molar-refractivity contribution is 0.301. The monoisotopic (exact) mass is 170 g/mol. The molecular formula is C5H11FO3S. The molecule has 0 amide bonds. The predicted octanol–water partition coefficient (Wildman–Crippen LogP) is 1.06. The molecule has 0 aromatic rings. The maximum atomic E-state index is 11.5. The van der Waals surface area contributed by atoms with Crippen molar-refractivity contribution in [1.29, 1.82) is 0 Å². The Balaban J connectivity index is 3.49. The van der Waals surface area contributed by atoms with E-state index in [2.05, 4.69) is 4.18 Å². The van der Waals surface area contributed by atoms with Crippen molar-refractivity contribution in [1.82, 2.24) is 0 Å². The predicted molar refractivity (Wildman–Crippen MR) is 35.8 cm³/mol. The summed E-state index contributed by atoms with van der Waals surface area (Å²) in [5, 5.41) is 0. The third kappa shape index (κ3) is 4.69. The molecule has 0 heterocycles. The average Bonchev–Trinajstić information content (AvgIpc) is 1.89. The fourth-order valence-corrected chi connectivity index (χ4v) is 0.797. The standard InChI is InChI=1S/C5H11FO3S/c1-2-3-4-9-10(7,8)5-6/h2-5H2,1H3. The van der Waals surface area contributed by atoms with Gasteiger partial charge in [-0.15, -0.1) is 0 Å². The van der Waals surface area contributed by atoms with Crippen molar-refractivity contribution < 1.29 is 17.0 Å². The minimum atomic E-state index is -3.86. The highest BCUT2D eigenvalue weighted by Crippen LogP contribution is 1.96. The topological polar surface area (TPSA) is 43.4 Å². The van der Waals surface area contributed by atoms with Gasteiger partial charge >= 0.3 is 0 Å². The average molecular weight is 170 g/mol. The largest absolute Gasteiger partial charge is 0.297 e. The van der Waals surface area contributed by atoms with Gasteiger partial charge in [-0.1, -0.05) is 13.3 Å². The third-order valence-electron chi connectivity index (χ3n) is 0.894. The van der Waals surface area contributed by atoms with Crippen molar-refractivity contribution in [3.8, 4) is 0 Å². The summed E-state index contributed by atoms with van der Waals surface area (Å²) in [6, 6.07) is -1.43. The van der Waals surface area contributed by atoms with Gasteiger partial charge in [-0.3, -0.25) is 4.18 Å². The molecule has 0 fully saturated rings. The first-order chi connectivity index (χ1) is 4.62. The van der Waals surface area contributed by atoms with Gasteiger partial charge in [0.15, 0.2) is 0 Å². The highest BCUT2D eigenvalue weighted by molar-refractivity contribution is 7.86. The molecule has 0 N–H and O–H groups in total. The van der Waals surface area contributed by atoms with Crippen molar-refractivity contribution in [3.63, 3.8) is 0 Å². The number of alkyl halides is 1. The van der Waals surface area contributed by atoms with Crippen LogP contribution in [0.15, 0.2) is 0 Å². The van der Waals surface area contributed by atoms with Crippen LogP contribution in [0.1, 0.15) is 19.8 Å². The van der Waals surface area contributed by atoms with E-state index in [0.29, 0.717) is 6.42 Å². The smallest absolute Gasteiger partial charge is 0.268 e. The van der Waals surface area contributed by atoms with E-state index in [1.807, 2.05) is 6.92 Å². The van der Waals surface area contributed by atoms with E-state index >= 15 is 0 Å². The van der Waals surface area contributed by atoms with Gasteiger partial charge in [0.05, 0.1) is 6.61 Å². The molecule has 0 bridgehead atoms. The lowest BCUT2D eigenvalue weighted by Crippen LogP contribution is -2.07. The number of unbranched alkanes of at least 4 members (excludes halogenated alkanes) is 1. The zero-order valence-electron chi connectivity index (χ0n) is 5.84. The van der Waals surface area contributed by atoms with Crippen LogP contribution in [0.3, 0.4) is 0 Å². The quantitative estimate of drug-likeness (QED) is 0.457. The van der Waals surface area contributed by atoms with Gasteiger partial charge in [0.1, 0.15) is 0 Å². The molecule has 0 saturated heterocycles. The van der Waals surface area contributed by atoms with Crippen molar-refractivity contribution in [3.05, 3.63) is 0 Å². The fourth-order valence-electron chi connectivity index (χ4n) is 0.362. The Morgan fingerprint density at radius 3 is 2.50 bits per heavy atom. The summed E-state index contributed by atoms with van der Waals surface area (Å²) >= 11 is 0. The molecule has 0 spiro atoms. The van der Waals surface area contributed by atoms with E-state index in [1.54, 1.807) is 0 Å². The molecule has 0 rings (SSSR count). The molecular weight excluding hydrogens is 159 g/mol. The lowest BCUT2D eigenvalue weighted by atomic mass is 10.4. The van der Waals surface area contributed by atoms with Crippen LogP contribution in [0.5, 0.6) is 0 Å². The van der Waals surface area contributed by atoms with E-state index in [4.69, 9.17) is 0 Å². The third-order valence-corrected chi connectivity index (χ3v) is 1.69. The molecule has 0 aromatic heterocycles. The molecule has 0 saturated carbocycles. The van der Waals surface area contributed by atoms with Gasteiger partial charge in [-0.25, -0.2) is 4.39 Å². The Kier molecular flexibility index (Phi) is 4.55. The maximum Gasteiger partial charge on any atom is 0.297 e. The molecule has 0 atom stereocenters. The fraction of sp³-hybridized carbons (Fsp3) is 1.00. The van der Waals surface area contributed by atoms with Crippen molar-refractivity contribution in [2.45, 2.75) is 19.8 Å². The molecule has 0 aliphatic carbocycles. The van der Waals surface area contributed by atoms with E-state index in [1.165, 1.54) is 0 Å². The van der Waals surface area contributed by atoms with Crippen LogP contribution in [0.25, 0.3) is 0 Å². The summed E-state index contributed by atoms with van der Waals surface area (Å²) in [5.74, 6) is 0. The summed E-state index contributed by atoms with van der Waals surface area (Å²) in [4.78, 5) is 0. The minimum Gasteiger partial charge on any atom is -0.268 e. The Labute approximate surface area is 60.3 Å². The highest BCUT2D eigenvalue weighted by atomic mass is 32.2. The molecule has 0 radical (unpaired) electrons. The Morgan fingerprint density at radius 2 is 2.10 bits per heavy atom. The first-order valence-electron chi connectivity index (χ1n) is 3.05. The second kappa shape index (κ2) is 4.62. The summed E-state index contributed by atoms with van der Waals surface area (Å²) in [5.41, 5.74) is 0. The van der Waals surface area contributed by atoms with Crippen molar-refractivity contribution in [2.24, 2.45) is 0 Å². The van der Waals surface area contributed by atoms with Crippen LogP contribution >= 0.6 is 0 Å². The van der Waals surface area contributed by atoms with Crippen LogP contribution in [-0.4, -0.2) is 21.0 Å². The Hall–Kier alpha value is -0.160. The molecule has 10 heavy (non-hydrogen) atoms. The second-order valence-corrected chi connectivity index (χ2v) is 3.41. The van der Waals surface area contributed by atoms with E-state index in [-0.39, 0.29) is 6.61 Å². The van der Waals surface area contributed by atoms with Gasteiger partial charge in [-0.2, -0.15) is 8.42 Å². The molecule has 0 aromatic carbocycles. The van der Waals surface area contributed by atoms with Gasteiger partial charge in [0.2, 0.25) is 6.01 Å². The number of hydrogen-bond acceptors (Lipinski definition) is 3. The van der Waals surface area contributed by atoms with Crippen molar-refractivity contribution >= 4 is 10.1 Å². The normalized spacial score (nSPS) is 11.8. The molecule has 5 heteroatoms. The first-order valence-corrected chi connectivity index (χ1v) is 4.63. The lowest BCUT2D eigenvalue weighted by Gasteiger charge is -1.98. The molecule has 0 aliphatic heterocycles. The number of hydrogen-bond donors (Lipinski definition) is 0. The summed E-state index contributed by atoms with van der Waals surface area (Å²) in [7, 11) is -3.86. The van der Waals surface area contributed by atoms with Gasteiger partial charge in [0.25, 0.3) is 10.1 Å². The Bertz CT molecular complexity index is 164. The molecule has 62 valence electrons. The van der Waals surface area contributed by atoms with Crippen LogP contribution < -0.4 is 0 Å². The summed E-state index contributed by atoms with van der Waals surface area (Å²) in [6.07, 6.45) is 1.47. The van der Waals surface area contributed by atoms with Gasteiger partial charge < -0.3 is 0 Å². The van der Waals surface area contributed by atoms with Crippen LogP contribution in [0, 0.1) is 0 Å². The van der Waals surface area contributed by atoms with E-state index in [9.17, 15) is 12.8 Å². The second-order valence-electron chi connectivity index (χ2n) is 1.84. The summed E-state index contributed by atoms with van der Waals surface area (Å²) < 4.78 is 36.3. The summed E-state index contributed by atoms with van der Waals surface area (Å²) in [6.45, 7) is 1.98. The van der Waals surface area contributed by atoms with E-state index < -0.39 is 16.1 Å². The molecule has 0 unspecified atom stereocenters. The zero-order chi connectivity index (χ0) is 8.04. The van der Waals surface area contributed by atoms with Gasteiger partial charge in [0, 0.05) is 0 Å². The zero-order valence-corrected chi connectivity index (χ0v) is 6.66. The Morgan fingerprint density at radius 1 is 1.50 bits per heavy atom. The molecule has 0 aliphatic rings. The minimum absolute atomic E-state index is 0.0861. The van der Waals surface area contributed by atoms with Crippen molar-refractivity contribution in [2.75, 3.05) is 12.6 Å². The SMILES string of the molecule is CCCCOS(=O)(=O)CF. The van der Waals surface area contributed by atoms with Crippen LogP contribution in [0.4, 0.5) is 4.39 Å². The van der Waals surface area contributed by atoms with Crippen LogP contribution in [-0.2, 0) is 14.3 Å². The maximum absolute atomic E-state index is 11.5. The van der Waals surface area contributed by atoms with Crippen LogP contribution in [0.2, 0.25) is 0 Å². The molecule has 3 nitrogen and oxygen atoms in total. The van der Waals surface area contributed by atoms with E-state index in [0.717, 1.165) is 6.42 Å². The number of halogens is 1. The van der Waals surface area contributed by atoms with Gasteiger partial charge in [-0.05, 0) is 6.42 Å².